The molecule has 0 amide bonds. The Hall–Kier alpha value is -0.670. The van der Waals surface area contributed by atoms with Crippen LogP contribution >= 0.6 is 15.9 Å². The number of aliphatic hydroxyl groups is 1. The van der Waals surface area contributed by atoms with Gasteiger partial charge in [-0.25, -0.2) is 4.39 Å². The van der Waals surface area contributed by atoms with Gasteiger partial charge in [0.1, 0.15) is 5.82 Å². The van der Waals surface area contributed by atoms with E-state index in [2.05, 4.69) is 15.9 Å². The second-order valence-electron chi connectivity index (χ2n) is 2.89. The second kappa shape index (κ2) is 5.94. The lowest BCUT2D eigenvalue weighted by Crippen LogP contribution is -1.89. The summed E-state index contributed by atoms with van der Waals surface area (Å²) in [6.45, 7) is -0.258. The van der Waals surface area contributed by atoms with Crippen molar-refractivity contribution in [2.75, 3.05) is 5.33 Å². The number of hydrogen-bond acceptors (Lipinski definition) is 1. The molecule has 1 aromatic rings. The monoisotopic (exact) mass is 258 g/mol. The maximum absolute atomic E-state index is 13.0. The van der Waals surface area contributed by atoms with E-state index in [-0.39, 0.29) is 12.4 Å². The molecule has 0 heterocycles. The van der Waals surface area contributed by atoms with Crippen LogP contribution in [0.5, 0.6) is 0 Å². The van der Waals surface area contributed by atoms with Crippen LogP contribution in [0.2, 0.25) is 0 Å². The van der Waals surface area contributed by atoms with E-state index >= 15 is 0 Å². The topological polar surface area (TPSA) is 20.2 Å². The third-order valence-electron chi connectivity index (χ3n) is 1.83. The molecular weight excluding hydrogens is 247 g/mol. The zero-order valence-electron chi connectivity index (χ0n) is 7.71. The quantitative estimate of drug-likeness (QED) is 0.823. The van der Waals surface area contributed by atoms with Crippen molar-refractivity contribution in [1.82, 2.24) is 0 Å². The molecule has 0 bridgehead atoms. The van der Waals surface area contributed by atoms with Crippen LogP contribution < -0.4 is 0 Å². The Kier molecular flexibility index (Phi) is 4.84. The lowest BCUT2D eigenvalue weighted by Gasteiger charge is -2.00. The van der Waals surface area contributed by atoms with Crippen LogP contribution in [0.15, 0.2) is 24.3 Å². The highest BCUT2D eigenvalue weighted by molar-refractivity contribution is 9.09. The Bertz CT molecular complexity index is 323. The SMILES string of the molecule is OCc1cc(C=CCCBr)ccc1F. The number of alkyl halides is 1. The van der Waals surface area contributed by atoms with Gasteiger partial charge in [0.25, 0.3) is 0 Å². The van der Waals surface area contributed by atoms with Gasteiger partial charge in [-0.05, 0) is 24.1 Å². The fraction of sp³-hybridized carbons (Fsp3) is 0.273. The van der Waals surface area contributed by atoms with E-state index in [9.17, 15) is 4.39 Å². The van der Waals surface area contributed by atoms with Crippen molar-refractivity contribution in [3.63, 3.8) is 0 Å². The summed E-state index contributed by atoms with van der Waals surface area (Å²) in [6.07, 6.45) is 4.86. The highest BCUT2D eigenvalue weighted by atomic mass is 79.9. The Morgan fingerprint density at radius 2 is 2.21 bits per heavy atom. The van der Waals surface area contributed by atoms with Gasteiger partial charge in [0.05, 0.1) is 6.61 Å². The molecule has 0 fully saturated rings. The third-order valence-corrected chi connectivity index (χ3v) is 2.28. The van der Waals surface area contributed by atoms with Gasteiger partial charge in [-0.3, -0.25) is 0 Å². The van der Waals surface area contributed by atoms with E-state index < -0.39 is 0 Å². The number of rotatable bonds is 4. The molecule has 0 atom stereocenters. The molecule has 1 rings (SSSR count). The van der Waals surface area contributed by atoms with Crippen LogP contribution in [-0.4, -0.2) is 10.4 Å². The molecule has 0 aliphatic heterocycles. The minimum atomic E-state index is -0.356. The lowest BCUT2D eigenvalue weighted by atomic mass is 10.1. The maximum atomic E-state index is 13.0. The van der Waals surface area contributed by atoms with Crippen LogP contribution in [0.4, 0.5) is 4.39 Å². The summed E-state index contributed by atoms with van der Waals surface area (Å²) >= 11 is 3.31. The maximum Gasteiger partial charge on any atom is 0.128 e. The van der Waals surface area contributed by atoms with Crippen molar-refractivity contribution >= 4 is 22.0 Å². The van der Waals surface area contributed by atoms with Crippen molar-refractivity contribution in [3.05, 3.63) is 41.2 Å². The van der Waals surface area contributed by atoms with Crippen LogP contribution in [0.3, 0.4) is 0 Å². The van der Waals surface area contributed by atoms with Crippen molar-refractivity contribution < 1.29 is 9.50 Å². The average molecular weight is 259 g/mol. The predicted molar refractivity (Wildman–Crippen MR) is 59.8 cm³/mol. The molecule has 0 aromatic heterocycles. The third kappa shape index (κ3) is 3.24. The van der Waals surface area contributed by atoms with Crippen molar-refractivity contribution in [2.24, 2.45) is 0 Å². The van der Waals surface area contributed by atoms with E-state index in [1.54, 1.807) is 12.1 Å². The standard InChI is InChI=1S/C11H12BrFO/c12-6-2-1-3-9-4-5-11(13)10(7-9)8-14/h1,3-5,7,14H,2,6,8H2. The van der Waals surface area contributed by atoms with Gasteiger partial charge in [-0.2, -0.15) is 0 Å². The van der Waals surface area contributed by atoms with E-state index in [0.717, 1.165) is 17.3 Å². The summed E-state index contributed by atoms with van der Waals surface area (Å²) in [5.41, 5.74) is 1.25. The van der Waals surface area contributed by atoms with Crippen molar-refractivity contribution in [2.45, 2.75) is 13.0 Å². The van der Waals surface area contributed by atoms with Gasteiger partial charge >= 0.3 is 0 Å². The normalized spacial score (nSPS) is 11.1. The Morgan fingerprint density at radius 3 is 2.86 bits per heavy atom. The Labute approximate surface area is 91.4 Å². The molecule has 3 heteroatoms. The minimum absolute atomic E-state index is 0.258. The zero-order chi connectivity index (χ0) is 10.4. The first-order chi connectivity index (χ1) is 6.77. The van der Waals surface area contributed by atoms with Crippen molar-refractivity contribution in [1.29, 1.82) is 0 Å². The average Bonchev–Trinajstić information content (AvgIpc) is 2.21. The summed E-state index contributed by atoms with van der Waals surface area (Å²) in [4.78, 5) is 0. The molecule has 0 spiro atoms. The molecule has 1 nitrogen and oxygen atoms in total. The molecule has 0 saturated carbocycles. The number of benzene rings is 1. The molecule has 0 saturated heterocycles. The Balaban J connectivity index is 2.79. The molecule has 0 radical (unpaired) electrons. The fourth-order valence-corrected chi connectivity index (χ4v) is 1.37. The van der Waals surface area contributed by atoms with Crippen LogP contribution in [0.25, 0.3) is 6.08 Å². The van der Waals surface area contributed by atoms with Gasteiger partial charge in [-0.15, -0.1) is 0 Å². The first-order valence-corrected chi connectivity index (χ1v) is 5.52. The molecule has 1 N–H and O–H groups in total. The molecule has 0 aliphatic carbocycles. The summed E-state index contributed by atoms with van der Waals surface area (Å²) in [6, 6.07) is 4.72. The van der Waals surface area contributed by atoms with E-state index in [1.807, 2.05) is 12.2 Å². The van der Waals surface area contributed by atoms with Crippen LogP contribution in [-0.2, 0) is 6.61 Å². The van der Waals surface area contributed by atoms with Gasteiger partial charge in [-0.1, -0.05) is 34.1 Å². The largest absolute Gasteiger partial charge is 0.392 e. The molecular formula is C11H12BrFO. The minimum Gasteiger partial charge on any atom is -0.392 e. The van der Waals surface area contributed by atoms with Crippen LogP contribution in [0, 0.1) is 5.82 Å². The van der Waals surface area contributed by atoms with E-state index in [1.165, 1.54) is 6.07 Å². The van der Waals surface area contributed by atoms with Crippen LogP contribution in [0.1, 0.15) is 17.5 Å². The second-order valence-corrected chi connectivity index (χ2v) is 3.68. The highest BCUT2D eigenvalue weighted by Gasteiger charge is 1.99. The number of aliphatic hydroxyl groups excluding tert-OH is 1. The van der Waals surface area contributed by atoms with Gasteiger partial charge in [0.2, 0.25) is 0 Å². The predicted octanol–water partition coefficient (Wildman–Crippen LogP) is 3.12. The molecule has 0 unspecified atom stereocenters. The summed E-state index contributed by atoms with van der Waals surface area (Å²) in [5, 5.41) is 9.76. The number of halogens is 2. The first kappa shape index (κ1) is 11.4. The van der Waals surface area contributed by atoms with Crippen molar-refractivity contribution in [3.8, 4) is 0 Å². The lowest BCUT2D eigenvalue weighted by molar-refractivity contribution is 0.275. The molecule has 1 aromatic carbocycles. The zero-order valence-corrected chi connectivity index (χ0v) is 9.30. The van der Waals surface area contributed by atoms with Gasteiger partial charge in [0, 0.05) is 10.9 Å². The molecule has 14 heavy (non-hydrogen) atoms. The summed E-state index contributed by atoms with van der Waals surface area (Å²) in [5.74, 6) is -0.356. The van der Waals surface area contributed by atoms with E-state index in [4.69, 9.17) is 5.11 Å². The number of hydrogen-bond donors (Lipinski definition) is 1. The Morgan fingerprint density at radius 1 is 1.43 bits per heavy atom. The molecule has 0 aliphatic rings. The summed E-state index contributed by atoms with van der Waals surface area (Å²) < 4.78 is 13.0. The molecule has 76 valence electrons. The number of allylic oxidation sites excluding steroid dienone is 1. The van der Waals surface area contributed by atoms with Gasteiger partial charge in [0.15, 0.2) is 0 Å². The van der Waals surface area contributed by atoms with E-state index in [0.29, 0.717) is 5.56 Å². The highest BCUT2D eigenvalue weighted by Crippen LogP contribution is 2.12. The fourth-order valence-electron chi connectivity index (χ4n) is 1.10. The first-order valence-electron chi connectivity index (χ1n) is 4.39. The van der Waals surface area contributed by atoms with Gasteiger partial charge < -0.3 is 5.11 Å². The summed E-state index contributed by atoms with van der Waals surface area (Å²) in [7, 11) is 0. The smallest absolute Gasteiger partial charge is 0.128 e.